The number of hydrogen-bond acceptors (Lipinski definition) is 8. The monoisotopic (exact) mass is 395 g/mol. The molecule has 4 N–H and O–H groups in total. The second kappa shape index (κ2) is 8.81. The van der Waals surface area contributed by atoms with E-state index in [2.05, 4.69) is 4.99 Å². The number of amidine groups is 1. The lowest BCUT2D eigenvalue weighted by Crippen LogP contribution is -2.57. The molecule has 146 valence electrons. The normalized spacial score (nSPS) is 28.3. The lowest BCUT2D eigenvalue weighted by molar-refractivity contribution is -0.143. The summed E-state index contributed by atoms with van der Waals surface area (Å²) in [7, 11) is -0.999. The van der Waals surface area contributed by atoms with Crippen molar-refractivity contribution in [3.63, 3.8) is 0 Å². The first-order valence-electron chi connectivity index (χ1n) is 8.78. The van der Waals surface area contributed by atoms with Crippen LogP contribution in [0.5, 0.6) is 0 Å². The summed E-state index contributed by atoms with van der Waals surface area (Å²) in [6, 6.07) is -0.451. The van der Waals surface area contributed by atoms with Gasteiger partial charge in [0.1, 0.15) is 23.5 Å². The van der Waals surface area contributed by atoms with E-state index < -0.39 is 19.1 Å². The first kappa shape index (κ1) is 19.8. The molecule has 27 heavy (non-hydrogen) atoms. The molecule has 0 aromatic carbocycles. The van der Waals surface area contributed by atoms with Crippen molar-refractivity contribution >= 4 is 35.9 Å². The molecule has 3 aliphatic heterocycles. The van der Waals surface area contributed by atoms with Gasteiger partial charge in [-0.25, -0.2) is 9.79 Å². The second-order valence-corrected chi connectivity index (χ2v) is 7.56. The molecule has 1 fully saturated rings. The number of amides is 1. The van der Waals surface area contributed by atoms with Gasteiger partial charge in [0.05, 0.1) is 19.7 Å². The van der Waals surface area contributed by atoms with E-state index in [0.29, 0.717) is 36.8 Å². The smallest absolute Gasteiger partial charge is 0.454 e. The molecular weight excluding hydrogens is 373 g/mol. The minimum Gasteiger partial charge on any atom is -0.486 e. The third kappa shape index (κ3) is 5.05. The maximum absolute atomic E-state index is 12.3. The van der Waals surface area contributed by atoms with Gasteiger partial charge in [-0.2, -0.15) is 0 Å². The average Bonchev–Trinajstić information content (AvgIpc) is 3.02. The molecular formula is C16H22BN3O6S. The molecule has 3 rings (SSSR count). The molecule has 1 atom stereocenters. The van der Waals surface area contributed by atoms with E-state index in [9.17, 15) is 19.7 Å². The highest BCUT2D eigenvalue weighted by molar-refractivity contribution is 8.14. The van der Waals surface area contributed by atoms with Gasteiger partial charge < -0.3 is 30.2 Å². The SMILES string of the molecule is NC1=NC(C(=O)N2CC(OC3=C(\C(=O)O)COB(O)CCC/C=C\3)C2)CS1. The van der Waals surface area contributed by atoms with E-state index in [1.54, 1.807) is 11.0 Å². The van der Waals surface area contributed by atoms with E-state index >= 15 is 0 Å². The number of aliphatic carboxylic acids is 1. The number of carbonyl (C=O) groups is 2. The molecule has 3 heterocycles. The molecule has 0 bridgehead atoms. The summed E-state index contributed by atoms with van der Waals surface area (Å²) in [5, 5.41) is 19.6. The predicted octanol–water partition coefficient (Wildman–Crippen LogP) is -0.170. The molecule has 3 aliphatic rings. The maximum atomic E-state index is 12.3. The molecule has 11 heteroatoms. The van der Waals surface area contributed by atoms with Crippen molar-refractivity contribution in [2.24, 2.45) is 10.7 Å². The van der Waals surface area contributed by atoms with Crippen LogP contribution in [0.15, 0.2) is 28.5 Å². The third-order valence-electron chi connectivity index (χ3n) is 4.48. The Hall–Kier alpha value is -1.98. The van der Waals surface area contributed by atoms with Crippen LogP contribution in [0.2, 0.25) is 6.32 Å². The summed E-state index contributed by atoms with van der Waals surface area (Å²) in [5.41, 5.74) is 5.54. The largest absolute Gasteiger partial charge is 0.486 e. The van der Waals surface area contributed by atoms with Crippen LogP contribution in [-0.2, 0) is 19.0 Å². The van der Waals surface area contributed by atoms with Gasteiger partial charge in [-0.1, -0.05) is 24.3 Å². The first-order valence-corrected chi connectivity index (χ1v) is 9.76. The summed E-state index contributed by atoms with van der Waals surface area (Å²) in [6.07, 6.45) is 5.00. The average molecular weight is 395 g/mol. The van der Waals surface area contributed by atoms with Crippen molar-refractivity contribution in [3.8, 4) is 0 Å². The van der Waals surface area contributed by atoms with Crippen LogP contribution in [0, 0.1) is 0 Å². The number of carboxylic acid groups (broad SMARTS) is 1. The number of thioether (sulfide) groups is 1. The van der Waals surface area contributed by atoms with E-state index in [1.165, 1.54) is 11.8 Å². The van der Waals surface area contributed by atoms with Gasteiger partial charge in [0.15, 0.2) is 5.17 Å². The van der Waals surface area contributed by atoms with Crippen LogP contribution in [0.4, 0.5) is 0 Å². The number of carbonyl (C=O) groups excluding carboxylic acids is 1. The Labute approximate surface area is 161 Å². The number of aliphatic imine (C=N–C) groups is 1. The Bertz CT molecular complexity index is 692. The molecule has 0 radical (unpaired) electrons. The highest BCUT2D eigenvalue weighted by atomic mass is 32.2. The lowest BCUT2D eigenvalue weighted by atomic mass is 9.82. The van der Waals surface area contributed by atoms with Crippen LogP contribution in [0.1, 0.15) is 12.8 Å². The molecule has 9 nitrogen and oxygen atoms in total. The number of hydrogen-bond donors (Lipinski definition) is 3. The quantitative estimate of drug-likeness (QED) is 0.559. The first-order chi connectivity index (χ1) is 12.9. The predicted molar refractivity (Wildman–Crippen MR) is 101 cm³/mol. The Kier molecular flexibility index (Phi) is 6.45. The summed E-state index contributed by atoms with van der Waals surface area (Å²) in [4.78, 5) is 29.6. The minimum atomic E-state index is -1.16. The molecule has 1 saturated heterocycles. The van der Waals surface area contributed by atoms with Gasteiger partial charge in [-0.05, 0) is 18.8 Å². The number of allylic oxidation sites excluding steroid dienone is 2. The highest BCUT2D eigenvalue weighted by Gasteiger charge is 2.38. The molecule has 0 saturated carbocycles. The standard InChI is InChI=1S/C16H22BN3O6S/c18-16-19-12(9-27-16)14(21)20-6-10(7-20)26-13-4-2-1-3-5-17(24)25-8-11(13)15(22)23/h2,4,10,12,24H,1,3,5-9H2,(H2,18,19)(H,22,23)/b4-2-,13-11-. The topological polar surface area (TPSA) is 135 Å². The van der Waals surface area contributed by atoms with Crippen LogP contribution < -0.4 is 5.73 Å². The zero-order valence-electron chi connectivity index (χ0n) is 14.7. The fourth-order valence-electron chi connectivity index (χ4n) is 2.91. The number of nitrogens with zero attached hydrogens (tertiary/aromatic N) is 2. The zero-order valence-corrected chi connectivity index (χ0v) is 15.6. The summed E-state index contributed by atoms with van der Waals surface area (Å²) in [5.74, 6) is -0.512. The van der Waals surface area contributed by atoms with E-state index in [1.807, 2.05) is 6.08 Å². The Morgan fingerprint density at radius 2 is 2.22 bits per heavy atom. The molecule has 1 unspecified atom stereocenters. The lowest BCUT2D eigenvalue weighted by Gasteiger charge is -2.40. The Balaban J connectivity index is 1.62. The van der Waals surface area contributed by atoms with E-state index in [-0.39, 0.29) is 30.0 Å². The van der Waals surface area contributed by atoms with Crippen molar-refractivity contribution < 1.29 is 29.1 Å². The van der Waals surface area contributed by atoms with Crippen LogP contribution >= 0.6 is 11.8 Å². The summed E-state index contributed by atoms with van der Waals surface area (Å²) in [6.45, 7) is 0.477. The van der Waals surface area contributed by atoms with E-state index in [4.69, 9.17) is 15.1 Å². The van der Waals surface area contributed by atoms with Crippen molar-refractivity contribution in [2.75, 3.05) is 25.4 Å². The number of nitrogens with two attached hydrogens (primary N) is 1. The molecule has 1 amide bonds. The Morgan fingerprint density at radius 1 is 1.44 bits per heavy atom. The van der Waals surface area contributed by atoms with Crippen molar-refractivity contribution in [2.45, 2.75) is 31.3 Å². The molecule has 0 aromatic rings. The highest BCUT2D eigenvalue weighted by Crippen LogP contribution is 2.24. The van der Waals surface area contributed by atoms with Crippen molar-refractivity contribution in [3.05, 3.63) is 23.5 Å². The van der Waals surface area contributed by atoms with Crippen molar-refractivity contribution in [1.29, 1.82) is 0 Å². The number of carboxylic acids is 1. The second-order valence-electron chi connectivity index (χ2n) is 6.52. The van der Waals surface area contributed by atoms with Gasteiger partial charge in [-0.15, -0.1) is 0 Å². The number of likely N-dealkylation sites (tertiary alicyclic amines) is 1. The molecule has 0 aliphatic carbocycles. The number of ether oxygens (including phenoxy) is 1. The fourth-order valence-corrected chi connectivity index (χ4v) is 3.66. The molecule has 0 aromatic heterocycles. The van der Waals surface area contributed by atoms with Gasteiger partial charge in [0.25, 0.3) is 0 Å². The summed E-state index contributed by atoms with van der Waals surface area (Å²) < 4.78 is 11.0. The van der Waals surface area contributed by atoms with Gasteiger partial charge in [0, 0.05) is 5.75 Å². The van der Waals surface area contributed by atoms with E-state index in [0.717, 1.165) is 6.42 Å². The molecule has 0 spiro atoms. The number of rotatable bonds is 4. The van der Waals surface area contributed by atoms with Gasteiger partial charge in [0.2, 0.25) is 5.91 Å². The zero-order chi connectivity index (χ0) is 19.4. The minimum absolute atomic E-state index is 0.0541. The van der Waals surface area contributed by atoms with Gasteiger partial charge >= 0.3 is 13.1 Å². The van der Waals surface area contributed by atoms with Gasteiger partial charge in [-0.3, -0.25) is 4.79 Å². The van der Waals surface area contributed by atoms with Crippen LogP contribution in [-0.4, -0.2) is 76.8 Å². The summed E-state index contributed by atoms with van der Waals surface area (Å²) >= 11 is 1.36. The van der Waals surface area contributed by atoms with Crippen LogP contribution in [0.25, 0.3) is 0 Å². The Morgan fingerprint density at radius 3 is 2.89 bits per heavy atom. The maximum Gasteiger partial charge on any atom is 0.454 e. The third-order valence-corrected chi connectivity index (χ3v) is 5.36. The van der Waals surface area contributed by atoms with Crippen molar-refractivity contribution in [1.82, 2.24) is 4.90 Å². The van der Waals surface area contributed by atoms with Crippen LogP contribution in [0.3, 0.4) is 0 Å². The fraction of sp³-hybridized carbons (Fsp3) is 0.562.